The number of ether oxygens (including phenoxy) is 4. The number of aryl methyl sites for hydroxylation is 1. The number of nitrogens with one attached hydrogen (secondary N) is 1. The van der Waals surface area contributed by atoms with Gasteiger partial charge < -0.3 is 28.8 Å². The highest BCUT2D eigenvalue weighted by Crippen LogP contribution is 2.52. The van der Waals surface area contributed by atoms with Gasteiger partial charge in [0.15, 0.2) is 5.75 Å². The fourth-order valence-electron chi connectivity index (χ4n) is 5.32. The van der Waals surface area contributed by atoms with Crippen LogP contribution in [0.5, 0.6) is 23.0 Å². The lowest BCUT2D eigenvalue weighted by Gasteiger charge is -2.35. The first-order chi connectivity index (χ1) is 17.8. The highest BCUT2D eigenvalue weighted by Gasteiger charge is 2.60. The minimum absolute atomic E-state index is 0.128. The maximum absolute atomic E-state index is 13.6. The Bertz CT molecular complexity index is 1430. The number of carbonyl (C=O) groups excluding carboxylic acids is 2. The molecule has 0 bridgehead atoms. The van der Waals surface area contributed by atoms with Crippen molar-refractivity contribution in [3.8, 4) is 23.0 Å². The molecule has 1 N–H and O–H groups in total. The molecule has 37 heavy (non-hydrogen) atoms. The summed E-state index contributed by atoms with van der Waals surface area (Å²) in [5.41, 5.74) is 0.406. The van der Waals surface area contributed by atoms with Crippen LogP contribution in [0.25, 0.3) is 10.9 Å². The van der Waals surface area contributed by atoms with E-state index in [-0.39, 0.29) is 22.1 Å². The van der Waals surface area contributed by atoms with E-state index < -0.39 is 23.1 Å². The third kappa shape index (κ3) is 3.91. The number of benzene rings is 2. The Morgan fingerprint density at radius 3 is 2.57 bits per heavy atom. The molecule has 1 spiro atoms. The Kier molecular flexibility index (Phi) is 6.54. The van der Waals surface area contributed by atoms with E-state index in [0.717, 1.165) is 35.3 Å². The van der Waals surface area contributed by atoms with Crippen molar-refractivity contribution in [1.82, 2.24) is 9.88 Å². The van der Waals surface area contributed by atoms with E-state index in [1.165, 1.54) is 26.4 Å². The lowest BCUT2D eigenvalue weighted by atomic mass is 9.74. The Hall–Kier alpha value is -3.65. The number of hydrogen-bond donors (Lipinski definition) is 1. The van der Waals surface area contributed by atoms with Crippen molar-refractivity contribution in [3.05, 3.63) is 58.9 Å². The second kappa shape index (κ2) is 9.67. The molecule has 8 nitrogen and oxygen atoms in total. The summed E-state index contributed by atoms with van der Waals surface area (Å²) >= 11 is 6.45. The van der Waals surface area contributed by atoms with E-state index in [0.29, 0.717) is 18.7 Å². The van der Waals surface area contributed by atoms with E-state index in [1.54, 1.807) is 7.11 Å². The van der Waals surface area contributed by atoms with E-state index in [4.69, 9.17) is 30.5 Å². The lowest BCUT2D eigenvalue weighted by molar-refractivity contribution is -0.129. The van der Waals surface area contributed by atoms with Gasteiger partial charge >= 0.3 is 0 Å². The van der Waals surface area contributed by atoms with Crippen LogP contribution in [0.1, 0.15) is 30.1 Å². The maximum Gasteiger partial charge on any atom is 0.236 e. The molecule has 0 amide bonds. The molecular formula is C28H29ClN2O6. The van der Waals surface area contributed by atoms with E-state index >= 15 is 0 Å². The van der Waals surface area contributed by atoms with Gasteiger partial charge in [-0.3, -0.25) is 9.59 Å². The minimum Gasteiger partial charge on any atom is -0.496 e. The second-order valence-corrected chi connectivity index (χ2v) is 9.67. The second-order valence-electron chi connectivity index (χ2n) is 9.29. The molecule has 3 aromatic rings. The average molecular weight is 525 g/mol. The van der Waals surface area contributed by atoms with Crippen molar-refractivity contribution >= 4 is 34.1 Å². The first-order valence-corrected chi connectivity index (χ1v) is 12.5. The molecule has 5 rings (SSSR count). The SMILES string of the molecule is COc1cc(OC)c2c(c1Cl)OC1(C(=O)C=C(NCCCn3ccc4c(OC)cccc43)CC1C)C2=O. The number of ketones is 2. The zero-order valence-electron chi connectivity index (χ0n) is 21.2. The molecular weight excluding hydrogens is 496 g/mol. The number of halogens is 1. The Morgan fingerprint density at radius 2 is 1.86 bits per heavy atom. The molecule has 0 radical (unpaired) electrons. The smallest absolute Gasteiger partial charge is 0.236 e. The van der Waals surface area contributed by atoms with Crippen molar-refractivity contribution in [2.45, 2.75) is 31.9 Å². The average Bonchev–Trinajstić information content (AvgIpc) is 3.46. The molecule has 0 saturated heterocycles. The number of methoxy groups -OCH3 is 3. The molecule has 0 saturated carbocycles. The molecule has 2 aromatic carbocycles. The summed E-state index contributed by atoms with van der Waals surface area (Å²) < 4.78 is 24.4. The monoisotopic (exact) mass is 524 g/mol. The van der Waals surface area contributed by atoms with Gasteiger partial charge in [-0.05, 0) is 31.0 Å². The van der Waals surface area contributed by atoms with Crippen LogP contribution < -0.4 is 24.3 Å². The zero-order chi connectivity index (χ0) is 26.3. The molecule has 1 aromatic heterocycles. The quantitative estimate of drug-likeness (QED) is 0.334. The van der Waals surface area contributed by atoms with Gasteiger partial charge in [-0.25, -0.2) is 0 Å². The van der Waals surface area contributed by atoms with Crippen molar-refractivity contribution in [2.75, 3.05) is 27.9 Å². The van der Waals surface area contributed by atoms with E-state index in [1.807, 2.05) is 19.1 Å². The Balaban J connectivity index is 1.29. The number of nitrogens with zero attached hydrogens (tertiary/aromatic N) is 1. The number of carbonyl (C=O) groups is 2. The summed E-state index contributed by atoms with van der Waals surface area (Å²) in [6.45, 7) is 3.32. The summed E-state index contributed by atoms with van der Waals surface area (Å²) in [7, 11) is 4.58. The van der Waals surface area contributed by atoms with Crippen LogP contribution in [-0.4, -0.2) is 49.6 Å². The minimum atomic E-state index is -1.67. The van der Waals surface area contributed by atoms with Gasteiger partial charge in [0, 0.05) is 48.4 Å². The van der Waals surface area contributed by atoms with Crippen molar-refractivity contribution < 1.29 is 28.5 Å². The first kappa shape index (κ1) is 25.0. The molecule has 2 heterocycles. The number of fused-ring (bicyclic) bond motifs is 2. The largest absolute Gasteiger partial charge is 0.496 e. The molecule has 2 atom stereocenters. The predicted octanol–water partition coefficient (Wildman–Crippen LogP) is 4.81. The molecule has 1 aliphatic carbocycles. The summed E-state index contributed by atoms with van der Waals surface area (Å²) in [6.07, 6.45) is 4.86. The summed E-state index contributed by atoms with van der Waals surface area (Å²) in [6, 6.07) is 9.59. The van der Waals surface area contributed by atoms with Crippen molar-refractivity contribution in [1.29, 1.82) is 0 Å². The topological polar surface area (TPSA) is 88.0 Å². The Morgan fingerprint density at radius 1 is 1.11 bits per heavy atom. The lowest BCUT2D eigenvalue weighted by Crippen LogP contribution is -2.55. The zero-order valence-corrected chi connectivity index (χ0v) is 22.0. The fourth-order valence-corrected chi connectivity index (χ4v) is 5.58. The number of hydrogen-bond acceptors (Lipinski definition) is 7. The summed E-state index contributed by atoms with van der Waals surface area (Å²) in [4.78, 5) is 27.0. The number of aromatic nitrogens is 1. The van der Waals surface area contributed by atoms with E-state index in [2.05, 4.69) is 28.2 Å². The van der Waals surface area contributed by atoms with E-state index in [9.17, 15) is 9.59 Å². The number of allylic oxidation sites excluding steroid dienone is 1. The van der Waals surface area contributed by atoms with Crippen molar-refractivity contribution in [3.63, 3.8) is 0 Å². The third-order valence-electron chi connectivity index (χ3n) is 7.23. The molecule has 194 valence electrons. The first-order valence-electron chi connectivity index (χ1n) is 12.1. The molecule has 2 aliphatic rings. The van der Waals surface area contributed by atoms with Gasteiger partial charge in [0.2, 0.25) is 17.2 Å². The molecule has 2 unspecified atom stereocenters. The summed E-state index contributed by atoms with van der Waals surface area (Å²) in [5, 5.41) is 4.60. The van der Waals surface area contributed by atoms with Gasteiger partial charge in [-0.1, -0.05) is 24.6 Å². The number of rotatable bonds is 8. The third-order valence-corrected chi connectivity index (χ3v) is 7.59. The van der Waals surface area contributed by atoms with Gasteiger partial charge in [0.25, 0.3) is 0 Å². The van der Waals surface area contributed by atoms with Gasteiger partial charge in [0.05, 0.1) is 26.8 Å². The molecule has 1 aliphatic heterocycles. The molecule has 0 fully saturated rings. The van der Waals surface area contributed by atoms with Crippen LogP contribution in [0.2, 0.25) is 5.02 Å². The standard InChI is InChI=1S/C28H29ClN2O6/c1-16-13-17(30-10-6-11-31-12-9-18-19(31)7-5-8-20(18)34-2)14-23(32)28(16)27(33)24-21(35-3)15-22(36-4)25(29)26(24)37-28/h5,7-9,12,14-16,30H,6,10-11,13H2,1-4H3. The van der Waals surface area contributed by atoms with Gasteiger partial charge in [-0.2, -0.15) is 0 Å². The normalized spacial score (nSPS) is 20.6. The van der Waals surface area contributed by atoms with Gasteiger partial charge in [-0.15, -0.1) is 0 Å². The molecule has 9 heteroatoms. The van der Waals surface area contributed by atoms with Crippen LogP contribution in [-0.2, 0) is 11.3 Å². The van der Waals surface area contributed by atoms with Gasteiger partial charge in [0.1, 0.15) is 27.8 Å². The van der Waals surface area contributed by atoms with Crippen LogP contribution >= 0.6 is 11.6 Å². The summed E-state index contributed by atoms with van der Waals surface area (Å²) in [5.74, 6) is 0.294. The van der Waals surface area contributed by atoms with Crippen LogP contribution in [0.3, 0.4) is 0 Å². The predicted molar refractivity (Wildman–Crippen MR) is 140 cm³/mol. The Labute approximate surface area is 220 Å². The highest BCUT2D eigenvalue weighted by molar-refractivity contribution is 6.36. The maximum atomic E-state index is 13.6. The fraction of sp³-hybridized carbons (Fsp3) is 0.357. The van der Waals surface area contributed by atoms with Crippen molar-refractivity contribution in [2.24, 2.45) is 5.92 Å². The van der Waals surface area contributed by atoms with Crippen LogP contribution in [0, 0.1) is 5.92 Å². The van der Waals surface area contributed by atoms with Crippen LogP contribution in [0.4, 0.5) is 0 Å². The van der Waals surface area contributed by atoms with Crippen LogP contribution in [0.15, 0.2) is 48.3 Å². The number of Topliss-reactive ketones (excluding diaryl/α,β-unsaturated/α-hetero) is 1. The highest BCUT2D eigenvalue weighted by atomic mass is 35.5.